The number of carbonyl (C=O) groups is 1. The summed E-state index contributed by atoms with van der Waals surface area (Å²) in [6.07, 6.45) is -4.84. The van der Waals surface area contributed by atoms with Crippen molar-refractivity contribution in [3.63, 3.8) is 0 Å². The SMILES string of the molecule is O=C(c1ccccc1O)N(Cc1ccccc1)C(F)(F)F. The fraction of sp³-hybridized carbons (Fsp3) is 0.133. The average molecular weight is 295 g/mol. The van der Waals surface area contributed by atoms with Crippen molar-refractivity contribution in [2.75, 3.05) is 0 Å². The maximum absolute atomic E-state index is 13.1. The number of amides is 1. The molecule has 110 valence electrons. The van der Waals surface area contributed by atoms with E-state index in [0.717, 1.165) is 6.07 Å². The molecule has 0 heterocycles. The molecule has 0 saturated heterocycles. The lowest BCUT2D eigenvalue weighted by Gasteiger charge is -2.25. The normalized spacial score (nSPS) is 11.2. The number of phenolic OH excluding ortho intramolecular Hbond substituents is 1. The van der Waals surface area contributed by atoms with Crippen molar-refractivity contribution < 1.29 is 23.1 Å². The average Bonchev–Trinajstić information content (AvgIpc) is 2.44. The van der Waals surface area contributed by atoms with Crippen LogP contribution in [-0.4, -0.2) is 22.2 Å². The number of hydrogen-bond donors (Lipinski definition) is 1. The molecule has 0 bridgehead atoms. The summed E-state index contributed by atoms with van der Waals surface area (Å²) < 4.78 is 39.3. The molecule has 0 aliphatic rings. The van der Waals surface area contributed by atoms with Crippen molar-refractivity contribution in [3.05, 3.63) is 65.7 Å². The molecule has 2 aromatic rings. The molecule has 0 aliphatic heterocycles. The minimum Gasteiger partial charge on any atom is -0.507 e. The summed E-state index contributed by atoms with van der Waals surface area (Å²) in [5.74, 6) is -1.77. The Labute approximate surface area is 119 Å². The van der Waals surface area contributed by atoms with E-state index >= 15 is 0 Å². The summed E-state index contributed by atoms with van der Waals surface area (Å²) in [7, 11) is 0. The quantitative estimate of drug-likeness (QED) is 0.880. The number of carbonyl (C=O) groups excluding carboxylic acids is 1. The maximum atomic E-state index is 13.1. The number of hydrogen-bond acceptors (Lipinski definition) is 2. The van der Waals surface area contributed by atoms with E-state index in [4.69, 9.17) is 0 Å². The molecule has 3 nitrogen and oxygen atoms in total. The van der Waals surface area contributed by atoms with Crippen LogP contribution in [0.25, 0.3) is 0 Å². The number of nitrogens with zero attached hydrogens (tertiary/aromatic N) is 1. The van der Waals surface area contributed by atoms with Crippen LogP contribution in [0.15, 0.2) is 54.6 Å². The van der Waals surface area contributed by atoms with Gasteiger partial charge in [0.25, 0.3) is 5.91 Å². The highest BCUT2D eigenvalue weighted by Crippen LogP contribution is 2.28. The Bertz CT molecular complexity index is 626. The monoisotopic (exact) mass is 295 g/mol. The number of rotatable bonds is 3. The van der Waals surface area contributed by atoms with Gasteiger partial charge in [-0.25, -0.2) is 4.90 Å². The van der Waals surface area contributed by atoms with E-state index in [-0.39, 0.29) is 10.5 Å². The second kappa shape index (κ2) is 5.87. The highest BCUT2D eigenvalue weighted by Gasteiger charge is 2.41. The van der Waals surface area contributed by atoms with E-state index in [9.17, 15) is 23.1 Å². The molecule has 0 atom stereocenters. The van der Waals surface area contributed by atoms with Crippen LogP contribution in [0.4, 0.5) is 13.2 Å². The third-order valence-electron chi connectivity index (χ3n) is 2.87. The van der Waals surface area contributed by atoms with Crippen molar-refractivity contribution in [2.24, 2.45) is 0 Å². The van der Waals surface area contributed by atoms with Crippen LogP contribution in [0.5, 0.6) is 5.75 Å². The molecule has 6 heteroatoms. The van der Waals surface area contributed by atoms with Gasteiger partial charge in [-0.15, -0.1) is 13.2 Å². The van der Waals surface area contributed by atoms with Gasteiger partial charge in [-0.1, -0.05) is 42.5 Å². The zero-order valence-corrected chi connectivity index (χ0v) is 10.8. The van der Waals surface area contributed by atoms with Crippen LogP contribution in [0, 0.1) is 0 Å². The van der Waals surface area contributed by atoms with Crippen LogP contribution < -0.4 is 0 Å². The van der Waals surface area contributed by atoms with Gasteiger partial charge in [0.2, 0.25) is 0 Å². The molecule has 0 aliphatic carbocycles. The highest BCUT2D eigenvalue weighted by molar-refractivity contribution is 5.96. The summed E-state index contributed by atoms with van der Waals surface area (Å²) >= 11 is 0. The van der Waals surface area contributed by atoms with Gasteiger partial charge in [0.15, 0.2) is 0 Å². The van der Waals surface area contributed by atoms with Gasteiger partial charge in [0, 0.05) is 0 Å². The molecule has 1 N–H and O–H groups in total. The van der Waals surface area contributed by atoms with Crippen molar-refractivity contribution in [3.8, 4) is 5.75 Å². The summed E-state index contributed by atoms with van der Waals surface area (Å²) in [5, 5.41) is 9.55. The van der Waals surface area contributed by atoms with Crippen molar-refractivity contribution in [1.82, 2.24) is 4.90 Å². The van der Waals surface area contributed by atoms with Crippen molar-refractivity contribution in [2.45, 2.75) is 12.8 Å². The number of para-hydroxylation sites is 1. The Morgan fingerprint density at radius 1 is 1.00 bits per heavy atom. The Balaban J connectivity index is 2.33. The van der Waals surface area contributed by atoms with Gasteiger partial charge in [0.05, 0.1) is 12.1 Å². The van der Waals surface area contributed by atoms with E-state index in [1.807, 2.05) is 0 Å². The molecule has 1 amide bonds. The first-order valence-corrected chi connectivity index (χ1v) is 6.10. The molecule has 21 heavy (non-hydrogen) atoms. The first-order chi connectivity index (χ1) is 9.89. The van der Waals surface area contributed by atoms with E-state index in [1.165, 1.54) is 30.3 Å². The Morgan fingerprint density at radius 3 is 2.14 bits per heavy atom. The first kappa shape index (κ1) is 14.9. The van der Waals surface area contributed by atoms with Gasteiger partial charge in [0.1, 0.15) is 5.75 Å². The third-order valence-corrected chi connectivity index (χ3v) is 2.87. The molecule has 2 aromatic carbocycles. The van der Waals surface area contributed by atoms with Crippen LogP contribution in [0.3, 0.4) is 0 Å². The summed E-state index contributed by atoms with van der Waals surface area (Å²) in [5.41, 5.74) is -0.0376. The Kier molecular flexibility index (Phi) is 4.16. The predicted octanol–water partition coefficient (Wildman–Crippen LogP) is 3.55. The number of halogens is 3. The van der Waals surface area contributed by atoms with Crippen LogP contribution in [0.2, 0.25) is 0 Å². The lowest BCUT2D eigenvalue weighted by Crippen LogP contribution is -2.42. The summed E-state index contributed by atoms with van der Waals surface area (Å²) in [6.45, 7) is -0.614. The number of benzene rings is 2. The third kappa shape index (κ3) is 3.53. The Morgan fingerprint density at radius 2 is 1.57 bits per heavy atom. The standard InChI is InChI=1S/C15H12F3NO2/c16-15(17,18)19(10-11-6-2-1-3-7-11)14(21)12-8-4-5-9-13(12)20/h1-9,20H,10H2. The lowest BCUT2D eigenvalue weighted by molar-refractivity contribution is -0.227. The first-order valence-electron chi connectivity index (χ1n) is 6.10. The van der Waals surface area contributed by atoms with Crippen LogP contribution in [0.1, 0.15) is 15.9 Å². The predicted molar refractivity (Wildman–Crippen MR) is 70.5 cm³/mol. The van der Waals surface area contributed by atoms with E-state index in [2.05, 4.69) is 0 Å². The van der Waals surface area contributed by atoms with Gasteiger partial charge in [-0.2, -0.15) is 0 Å². The van der Waals surface area contributed by atoms with Crippen molar-refractivity contribution in [1.29, 1.82) is 0 Å². The molecular formula is C15H12F3NO2. The van der Waals surface area contributed by atoms with E-state index in [0.29, 0.717) is 5.56 Å². The molecule has 0 radical (unpaired) electrons. The number of phenols is 1. The van der Waals surface area contributed by atoms with E-state index < -0.39 is 24.5 Å². The fourth-order valence-electron chi connectivity index (χ4n) is 1.84. The molecule has 2 rings (SSSR count). The fourth-order valence-corrected chi connectivity index (χ4v) is 1.84. The Hall–Kier alpha value is -2.50. The second-order valence-corrected chi connectivity index (χ2v) is 4.36. The lowest BCUT2D eigenvalue weighted by atomic mass is 10.1. The van der Waals surface area contributed by atoms with Gasteiger partial charge in [-0.05, 0) is 17.7 Å². The van der Waals surface area contributed by atoms with Gasteiger partial charge in [-0.3, -0.25) is 4.79 Å². The summed E-state index contributed by atoms with van der Waals surface area (Å²) in [6, 6.07) is 13.0. The smallest absolute Gasteiger partial charge is 0.487 e. The molecule has 0 aromatic heterocycles. The molecular weight excluding hydrogens is 283 g/mol. The van der Waals surface area contributed by atoms with Crippen LogP contribution >= 0.6 is 0 Å². The van der Waals surface area contributed by atoms with E-state index in [1.54, 1.807) is 18.2 Å². The zero-order valence-electron chi connectivity index (χ0n) is 10.8. The van der Waals surface area contributed by atoms with Crippen LogP contribution in [-0.2, 0) is 6.54 Å². The minimum absolute atomic E-state index is 0.225. The zero-order chi connectivity index (χ0) is 15.5. The number of aromatic hydroxyl groups is 1. The van der Waals surface area contributed by atoms with Gasteiger partial charge < -0.3 is 5.11 Å². The maximum Gasteiger partial charge on any atom is 0.487 e. The molecule has 0 spiro atoms. The summed E-state index contributed by atoms with van der Waals surface area (Å²) in [4.78, 5) is 11.8. The van der Waals surface area contributed by atoms with Crippen molar-refractivity contribution >= 4 is 5.91 Å². The molecule has 0 unspecified atom stereocenters. The largest absolute Gasteiger partial charge is 0.507 e. The molecule has 0 fully saturated rings. The molecule has 0 saturated carbocycles. The van der Waals surface area contributed by atoms with Gasteiger partial charge >= 0.3 is 6.30 Å². The highest BCUT2D eigenvalue weighted by atomic mass is 19.4. The number of alkyl halides is 3. The minimum atomic E-state index is -4.84. The topological polar surface area (TPSA) is 40.5 Å². The second-order valence-electron chi connectivity index (χ2n) is 4.36.